The molecule has 0 aromatic heterocycles. The molecule has 4 unspecified atom stereocenters. The van der Waals surface area contributed by atoms with E-state index in [1.807, 2.05) is 12.1 Å². The molecule has 3 heteroatoms. The Labute approximate surface area is 196 Å². The molecule has 2 fully saturated rings. The molecule has 4 atom stereocenters. The van der Waals surface area contributed by atoms with E-state index in [0.29, 0.717) is 17.8 Å². The number of carbonyl (C=O) groups excluding carboxylic acids is 1. The average Bonchev–Trinajstić information content (AvgIpc) is 2.82. The molecule has 0 heterocycles. The molecule has 0 spiro atoms. The molecule has 1 aromatic carbocycles. The fourth-order valence-corrected chi connectivity index (χ4v) is 5.67. The highest BCUT2D eigenvalue weighted by Crippen LogP contribution is 2.44. The maximum atomic E-state index is 12.8. The molecule has 2 aliphatic carbocycles. The largest absolute Gasteiger partial charge is 0.426 e. The van der Waals surface area contributed by atoms with E-state index in [9.17, 15) is 4.79 Å². The summed E-state index contributed by atoms with van der Waals surface area (Å²) in [4.78, 5) is 12.8. The molecule has 0 aliphatic heterocycles. The first-order valence-corrected chi connectivity index (χ1v) is 13.6. The molecule has 1 aromatic rings. The summed E-state index contributed by atoms with van der Waals surface area (Å²) in [7, 11) is 0. The van der Waals surface area contributed by atoms with Crippen molar-refractivity contribution in [1.82, 2.24) is 0 Å². The number of unbranched alkanes of at least 4 members (excludes halogenated alkanes) is 6. The maximum absolute atomic E-state index is 12.8. The van der Waals surface area contributed by atoms with Crippen LogP contribution < -0.4 is 4.74 Å². The Morgan fingerprint density at radius 3 is 2.28 bits per heavy atom. The quantitative estimate of drug-likeness (QED) is 0.177. The first kappa shape index (κ1) is 25.3. The Morgan fingerprint density at radius 1 is 0.812 bits per heavy atom. The van der Waals surface area contributed by atoms with Crippen LogP contribution in [0.3, 0.4) is 0 Å². The summed E-state index contributed by atoms with van der Waals surface area (Å²) in [6.07, 6.45) is 18.5. The lowest BCUT2D eigenvalue weighted by atomic mass is 9.67. The number of carbonyl (C=O) groups is 1. The van der Waals surface area contributed by atoms with Crippen LogP contribution in [0.4, 0.5) is 0 Å². The monoisotopic (exact) mass is 442 g/mol. The zero-order valence-electron chi connectivity index (χ0n) is 20.7. The second-order valence-electron chi connectivity index (χ2n) is 10.3. The van der Waals surface area contributed by atoms with Gasteiger partial charge in [0.15, 0.2) is 0 Å². The number of aryl methyl sites for hydroxylation is 1. The van der Waals surface area contributed by atoms with Crippen LogP contribution in [0.1, 0.15) is 109 Å². The lowest BCUT2D eigenvalue weighted by molar-refractivity contribution is -0.141. The molecule has 3 rings (SSSR count). The van der Waals surface area contributed by atoms with Crippen molar-refractivity contribution in [3.8, 4) is 5.75 Å². The summed E-state index contributed by atoms with van der Waals surface area (Å²) in [6.45, 7) is 5.42. The van der Waals surface area contributed by atoms with Gasteiger partial charge in [-0.15, -0.1) is 0 Å². The van der Waals surface area contributed by atoms with Crippen molar-refractivity contribution in [2.24, 2.45) is 17.8 Å². The topological polar surface area (TPSA) is 35.5 Å². The van der Waals surface area contributed by atoms with Crippen molar-refractivity contribution < 1.29 is 14.3 Å². The Morgan fingerprint density at radius 2 is 1.50 bits per heavy atom. The van der Waals surface area contributed by atoms with Gasteiger partial charge in [0, 0.05) is 6.61 Å². The van der Waals surface area contributed by atoms with Crippen molar-refractivity contribution >= 4 is 5.97 Å². The molecule has 2 saturated carbocycles. The smallest absolute Gasteiger partial charge is 0.314 e. The molecule has 2 aliphatic rings. The fraction of sp³-hybridized carbons (Fsp3) is 0.759. The first-order chi connectivity index (χ1) is 15.7. The zero-order valence-corrected chi connectivity index (χ0v) is 20.7. The maximum Gasteiger partial charge on any atom is 0.314 e. The number of hydrogen-bond donors (Lipinski definition) is 0. The van der Waals surface area contributed by atoms with Gasteiger partial charge in [-0.05, 0) is 87.3 Å². The third kappa shape index (κ3) is 8.21. The van der Waals surface area contributed by atoms with E-state index in [4.69, 9.17) is 9.47 Å². The number of hydrogen-bond acceptors (Lipinski definition) is 3. The lowest BCUT2D eigenvalue weighted by Gasteiger charge is -2.41. The predicted molar refractivity (Wildman–Crippen MR) is 132 cm³/mol. The number of fused-ring (bicyclic) bond motifs is 1. The van der Waals surface area contributed by atoms with Gasteiger partial charge in [0.25, 0.3) is 0 Å². The van der Waals surface area contributed by atoms with Crippen LogP contribution in [0, 0.1) is 17.8 Å². The van der Waals surface area contributed by atoms with Crippen LogP contribution in [-0.2, 0) is 16.0 Å². The van der Waals surface area contributed by atoms with Crippen LogP contribution in [0.5, 0.6) is 5.75 Å². The van der Waals surface area contributed by atoms with Crippen LogP contribution >= 0.6 is 0 Å². The van der Waals surface area contributed by atoms with Crippen LogP contribution in [0.25, 0.3) is 0 Å². The Bertz CT molecular complexity index is 653. The standard InChI is InChI=1S/C29H46O3/c1-3-5-7-8-10-20-31-28-19-16-24-21-26(15-14-25(24)22-28)29(30)32-27-17-12-23(13-18-27)11-9-6-4-2/h12-13,17-18,24-26,28H,3-11,14-16,19-22H2,1-2H3. The molecule has 32 heavy (non-hydrogen) atoms. The van der Waals surface area contributed by atoms with E-state index in [2.05, 4.69) is 26.0 Å². The van der Waals surface area contributed by atoms with E-state index in [1.54, 1.807) is 0 Å². The number of rotatable bonds is 13. The molecular formula is C29H46O3. The van der Waals surface area contributed by atoms with E-state index in [1.165, 1.54) is 69.8 Å². The third-order valence-electron chi connectivity index (χ3n) is 7.71. The van der Waals surface area contributed by atoms with Crippen LogP contribution in [-0.4, -0.2) is 18.7 Å². The fourth-order valence-electron chi connectivity index (χ4n) is 5.67. The number of esters is 1. The summed E-state index contributed by atoms with van der Waals surface area (Å²) in [5.41, 5.74) is 1.33. The molecule has 180 valence electrons. The van der Waals surface area contributed by atoms with Gasteiger partial charge in [-0.25, -0.2) is 0 Å². The number of ether oxygens (including phenoxy) is 2. The SMILES string of the molecule is CCCCCCCOC1CCC2CC(C(=O)Oc3ccc(CCCCC)cc3)CCC2C1. The molecule has 0 N–H and O–H groups in total. The Balaban J connectivity index is 1.36. The third-order valence-corrected chi connectivity index (χ3v) is 7.71. The predicted octanol–water partition coefficient (Wildman–Crippen LogP) is 7.90. The van der Waals surface area contributed by atoms with Crippen molar-refractivity contribution in [2.45, 2.75) is 116 Å². The lowest BCUT2D eigenvalue weighted by Crippen LogP contribution is -2.37. The van der Waals surface area contributed by atoms with Gasteiger partial charge in [0.1, 0.15) is 5.75 Å². The summed E-state index contributed by atoms with van der Waals surface area (Å²) in [5, 5.41) is 0. The van der Waals surface area contributed by atoms with Crippen molar-refractivity contribution in [3.05, 3.63) is 29.8 Å². The molecule has 0 amide bonds. The second-order valence-corrected chi connectivity index (χ2v) is 10.3. The minimum absolute atomic E-state index is 0.0207. The van der Waals surface area contributed by atoms with Gasteiger partial charge in [-0.3, -0.25) is 4.79 Å². The summed E-state index contributed by atoms with van der Waals surface area (Å²) in [5.74, 6) is 2.16. The van der Waals surface area contributed by atoms with E-state index in [0.717, 1.165) is 44.6 Å². The van der Waals surface area contributed by atoms with Gasteiger partial charge in [-0.1, -0.05) is 64.5 Å². The molecule has 0 bridgehead atoms. The highest BCUT2D eigenvalue weighted by molar-refractivity contribution is 5.75. The normalized spacial score (nSPS) is 25.3. The van der Waals surface area contributed by atoms with E-state index in [-0.39, 0.29) is 11.9 Å². The molecule has 0 radical (unpaired) electrons. The van der Waals surface area contributed by atoms with Gasteiger partial charge in [0.2, 0.25) is 0 Å². The highest BCUT2D eigenvalue weighted by Gasteiger charge is 2.38. The van der Waals surface area contributed by atoms with Gasteiger partial charge < -0.3 is 9.47 Å². The Hall–Kier alpha value is -1.35. The van der Waals surface area contributed by atoms with Crippen LogP contribution in [0.15, 0.2) is 24.3 Å². The minimum Gasteiger partial charge on any atom is -0.426 e. The molecular weight excluding hydrogens is 396 g/mol. The van der Waals surface area contributed by atoms with Crippen molar-refractivity contribution in [2.75, 3.05) is 6.61 Å². The summed E-state index contributed by atoms with van der Waals surface area (Å²) in [6, 6.07) is 8.16. The van der Waals surface area contributed by atoms with Gasteiger partial charge >= 0.3 is 5.97 Å². The zero-order chi connectivity index (χ0) is 22.6. The highest BCUT2D eigenvalue weighted by atomic mass is 16.5. The Kier molecular flexibility index (Phi) is 11.1. The summed E-state index contributed by atoms with van der Waals surface area (Å²) < 4.78 is 12.0. The van der Waals surface area contributed by atoms with E-state index < -0.39 is 0 Å². The average molecular weight is 443 g/mol. The number of benzene rings is 1. The van der Waals surface area contributed by atoms with Gasteiger partial charge in [-0.2, -0.15) is 0 Å². The van der Waals surface area contributed by atoms with E-state index >= 15 is 0 Å². The molecule has 0 saturated heterocycles. The summed E-state index contributed by atoms with van der Waals surface area (Å²) >= 11 is 0. The minimum atomic E-state index is -0.0207. The van der Waals surface area contributed by atoms with Crippen LogP contribution in [0.2, 0.25) is 0 Å². The van der Waals surface area contributed by atoms with Gasteiger partial charge in [0.05, 0.1) is 12.0 Å². The second kappa shape index (κ2) is 14.0. The van der Waals surface area contributed by atoms with Crippen molar-refractivity contribution in [3.63, 3.8) is 0 Å². The molecule has 3 nitrogen and oxygen atoms in total. The van der Waals surface area contributed by atoms with Crippen molar-refractivity contribution in [1.29, 1.82) is 0 Å². The first-order valence-electron chi connectivity index (χ1n) is 13.6.